The SMILES string of the molecule is CC(C)CCN(C)S(=O)(=O)c1cccc2c1CCNC2. The van der Waals surface area contributed by atoms with Crippen LogP contribution in [-0.2, 0) is 23.0 Å². The summed E-state index contributed by atoms with van der Waals surface area (Å²) in [5.74, 6) is 0.501. The third-order valence-electron chi connectivity index (χ3n) is 3.81. The van der Waals surface area contributed by atoms with E-state index < -0.39 is 10.0 Å². The van der Waals surface area contributed by atoms with Crippen LogP contribution in [0.15, 0.2) is 23.1 Å². The van der Waals surface area contributed by atoms with Crippen molar-refractivity contribution in [2.45, 2.75) is 38.1 Å². The highest BCUT2D eigenvalue weighted by atomic mass is 32.2. The largest absolute Gasteiger partial charge is 0.312 e. The van der Waals surface area contributed by atoms with Crippen LogP contribution < -0.4 is 5.32 Å². The van der Waals surface area contributed by atoms with Crippen molar-refractivity contribution < 1.29 is 8.42 Å². The van der Waals surface area contributed by atoms with E-state index in [0.717, 1.165) is 37.1 Å². The first kappa shape index (κ1) is 15.5. The molecule has 20 heavy (non-hydrogen) atoms. The van der Waals surface area contributed by atoms with E-state index in [1.807, 2.05) is 12.1 Å². The molecule has 0 radical (unpaired) electrons. The minimum absolute atomic E-state index is 0.489. The molecule has 1 aromatic carbocycles. The standard InChI is InChI=1S/C15H24N2O2S/c1-12(2)8-10-17(3)20(18,19)15-6-4-5-13-11-16-9-7-14(13)15/h4-6,12,16H,7-11H2,1-3H3. The lowest BCUT2D eigenvalue weighted by molar-refractivity contribution is 0.427. The fourth-order valence-corrected chi connectivity index (χ4v) is 3.94. The van der Waals surface area contributed by atoms with Crippen molar-refractivity contribution in [3.05, 3.63) is 29.3 Å². The zero-order valence-corrected chi connectivity index (χ0v) is 13.3. The molecule has 2 rings (SSSR count). The Morgan fingerprint density at radius 2 is 2.10 bits per heavy atom. The lowest BCUT2D eigenvalue weighted by Gasteiger charge is -2.24. The molecule has 1 heterocycles. The monoisotopic (exact) mass is 296 g/mol. The molecule has 1 aliphatic heterocycles. The zero-order chi connectivity index (χ0) is 14.8. The van der Waals surface area contributed by atoms with Gasteiger partial charge >= 0.3 is 0 Å². The molecular weight excluding hydrogens is 272 g/mol. The van der Waals surface area contributed by atoms with E-state index in [-0.39, 0.29) is 0 Å². The average molecular weight is 296 g/mol. The number of sulfonamides is 1. The van der Waals surface area contributed by atoms with E-state index in [9.17, 15) is 8.42 Å². The second-order valence-electron chi connectivity index (χ2n) is 5.83. The van der Waals surface area contributed by atoms with E-state index in [2.05, 4.69) is 19.2 Å². The van der Waals surface area contributed by atoms with Gasteiger partial charge in [-0.1, -0.05) is 26.0 Å². The molecule has 0 aliphatic carbocycles. The highest BCUT2D eigenvalue weighted by Gasteiger charge is 2.26. The number of hydrogen-bond donors (Lipinski definition) is 1. The summed E-state index contributed by atoms with van der Waals surface area (Å²) >= 11 is 0. The second kappa shape index (κ2) is 6.24. The molecular formula is C15H24N2O2S. The van der Waals surface area contributed by atoms with Gasteiger partial charge in [0.25, 0.3) is 0 Å². The molecule has 0 amide bonds. The van der Waals surface area contributed by atoms with Gasteiger partial charge in [-0.2, -0.15) is 0 Å². The molecule has 0 atom stereocenters. The van der Waals surface area contributed by atoms with Crippen molar-refractivity contribution in [2.75, 3.05) is 20.1 Å². The Hall–Kier alpha value is -0.910. The molecule has 5 heteroatoms. The van der Waals surface area contributed by atoms with Crippen LogP contribution >= 0.6 is 0 Å². The van der Waals surface area contributed by atoms with Crippen LogP contribution in [0.5, 0.6) is 0 Å². The van der Waals surface area contributed by atoms with Crippen molar-refractivity contribution in [1.82, 2.24) is 9.62 Å². The minimum atomic E-state index is -3.37. The molecule has 112 valence electrons. The molecule has 1 N–H and O–H groups in total. The van der Waals surface area contributed by atoms with Gasteiger partial charge in [0.2, 0.25) is 10.0 Å². The van der Waals surface area contributed by atoms with Crippen LogP contribution in [0, 0.1) is 5.92 Å². The van der Waals surface area contributed by atoms with E-state index in [4.69, 9.17) is 0 Å². The van der Waals surface area contributed by atoms with E-state index in [0.29, 0.717) is 17.4 Å². The number of rotatable bonds is 5. The van der Waals surface area contributed by atoms with Crippen LogP contribution in [0.1, 0.15) is 31.4 Å². The van der Waals surface area contributed by atoms with Gasteiger partial charge < -0.3 is 5.32 Å². The molecule has 0 bridgehead atoms. The Balaban J connectivity index is 2.30. The maximum Gasteiger partial charge on any atom is 0.243 e. The maximum atomic E-state index is 12.7. The lowest BCUT2D eigenvalue weighted by Crippen LogP contribution is -2.31. The normalized spacial score (nSPS) is 15.7. The number of benzene rings is 1. The molecule has 0 saturated heterocycles. The summed E-state index contributed by atoms with van der Waals surface area (Å²) in [6, 6.07) is 5.59. The Morgan fingerprint density at radius 1 is 1.35 bits per heavy atom. The Bertz CT molecular complexity index is 567. The maximum absolute atomic E-state index is 12.7. The molecule has 0 spiro atoms. The Labute approximate surface area is 122 Å². The Kier molecular flexibility index (Phi) is 4.83. The van der Waals surface area contributed by atoms with Crippen molar-refractivity contribution in [1.29, 1.82) is 0 Å². The van der Waals surface area contributed by atoms with Gasteiger partial charge in [0.1, 0.15) is 0 Å². The molecule has 1 aliphatic rings. The van der Waals surface area contributed by atoms with Crippen molar-refractivity contribution in [3.8, 4) is 0 Å². The summed E-state index contributed by atoms with van der Waals surface area (Å²) < 4.78 is 26.9. The molecule has 0 fully saturated rings. The number of hydrogen-bond acceptors (Lipinski definition) is 3. The van der Waals surface area contributed by atoms with Crippen LogP contribution in [0.2, 0.25) is 0 Å². The molecule has 0 saturated carbocycles. The minimum Gasteiger partial charge on any atom is -0.312 e. The van der Waals surface area contributed by atoms with E-state index in [1.54, 1.807) is 13.1 Å². The quantitative estimate of drug-likeness (QED) is 0.904. The van der Waals surface area contributed by atoms with E-state index in [1.165, 1.54) is 4.31 Å². The van der Waals surface area contributed by atoms with Gasteiger partial charge in [-0.25, -0.2) is 12.7 Å². The number of nitrogens with zero attached hydrogens (tertiary/aromatic N) is 1. The van der Waals surface area contributed by atoms with E-state index >= 15 is 0 Å². The third-order valence-corrected chi connectivity index (χ3v) is 5.75. The first-order chi connectivity index (χ1) is 9.43. The van der Waals surface area contributed by atoms with Crippen molar-refractivity contribution in [3.63, 3.8) is 0 Å². The fraction of sp³-hybridized carbons (Fsp3) is 0.600. The predicted octanol–water partition coefficient (Wildman–Crippen LogP) is 2.00. The highest BCUT2D eigenvalue weighted by Crippen LogP contribution is 2.25. The number of nitrogens with one attached hydrogen (secondary N) is 1. The summed E-state index contributed by atoms with van der Waals surface area (Å²) in [6.45, 7) is 6.39. The first-order valence-corrected chi connectivity index (χ1v) is 8.64. The smallest absolute Gasteiger partial charge is 0.243 e. The van der Waals surface area contributed by atoms with Crippen LogP contribution in [0.4, 0.5) is 0 Å². The lowest BCUT2D eigenvalue weighted by atomic mass is 10.0. The molecule has 0 aromatic heterocycles. The Morgan fingerprint density at radius 3 is 2.80 bits per heavy atom. The van der Waals surface area contributed by atoms with Gasteiger partial charge in [-0.3, -0.25) is 0 Å². The van der Waals surface area contributed by atoms with Crippen LogP contribution in [0.3, 0.4) is 0 Å². The van der Waals surface area contributed by atoms with Gasteiger partial charge in [0.15, 0.2) is 0 Å². The van der Waals surface area contributed by atoms with Crippen molar-refractivity contribution >= 4 is 10.0 Å². The summed E-state index contributed by atoms with van der Waals surface area (Å²) in [5, 5.41) is 3.28. The fourth-order valence-electron chi connectivity index (χ4n) is 2.47. The topological polar surface area (TPSA) is 49.4 Å². The highest BCUT2D eigenvalue weighted by molar-refractivity contribution is 7.89. The van der Waals surface area contributed by atoms with Crippen molar-refractivity contribution in [2.24, 2.45) is 5.92 Å². The molecule has 1 aromatic rings. The van der Waals surface area contributed by atoms with Gasteiger partial charge in [0.05, 0.1) is 4.90 Å². The van der Waals surface area contributed by atoms with Gasteiger partial charge in [-0.05, 0) is 42.5 Å². The van der Waals surface area contributed by atoms with Gasteiger partial charge in [0, 0.05) is 20.1 Å². The molecule has 4 nitrogen and oxygen atoms in total. The predicted molar refractivity (Wildman–Crippen MR) is 81.1 cm³/mol. The third kappa shape index (κ3) is 3.22. The zero-order valence-electron chi connectivity index (χ0n) is 12.5. The number of fused-ring (bicyclic) bond motifs is 1. The molecule has 0 unspecified atom stereocenters. The summed E-state index contributed by atoms with van der Waals surface area (Å²) in [7, 11) is -1.69. The summed E-state index contributed by atoms with van der Waals surface area (Å²) in [6.07, 6.45) is 1.66. The first-order valence-electron chi connectivity index (χ1n) is 7.20. The summed E-state index contributed by atoms with van der Waals surface area (Å²) in [4.78, 5) is 0.489. The second-order valence-corrected chi connectivity index (χ2v) is 7.84. The average Bonchev–Trinajstić information content (AvgIpc) is 2.43. The van der Waals surface area contributed by atoms with Crippen LogP contribution in [-0.4, -0.2) is 32.9 Å². The van der Waals surface area contributed by atoms with Crippen LogP contribution in [0.25, 0.3) is 0 Å². The van der Waals surface area contributed by atoms with Gasteiger partial charge in [-0.15, -0.1) is 0 Å². The summed E-state index contributed by atoms with van der Waals surface area (Å²) in [5.41, 5.74) is 2.09.